The molecular formula is C11H15N. The van der Waals surface area contributed by atoms with Gasteiger partial charge in [-0.2, -0.15) is 0 Å². The van der Waals surface area contributed by atoms with Gasteiger partial charge in [0.25, 0.3) is 0 Å². The molecule has 1 aliphatic carbocycles. The van der Waals surface area contributed by atoms with Crippen molar-refractivity contribution in [3.8, 4) is 0 Å². The van der Waals surface area contributed by atoms with Crippen LogP contribution in [0.3, 0.4) is 0 Å². The summed E-state index contributed by atoms with van der Waals surface area (Å²) in [5.74, 6) is 0. The standard InChI is InChI=1S/C11H12.H3N/c1-11(2)8-7-9-5-3-4-6-10(9)11;/h3-8H,1-2H3;1H3. The zero-order chi connectivity index (χ0) is 7.90. The second-order valence-electron chi connectivity index (χ2n) is 3.64. The van der Waals surface area contributed by atoms with Crippen molar-refractivity contribution < 1.29 is 0 Å². The highest BCUT2D eigenvalue weighted by atomic mass is 14.3. The van der Waals surface area contributed by atoms with Gasteiger partial charge in [-0.3, -0.25) is 0 Å². The number of benzene rings is 1. The monoisotopic (exact) mass is 161 g/mol. The van der Waals surface area contributed by atoms with Crippen LogP contribution in [0.2, 0.25) is 0 Å². The van der Waals surface area contributed by atoms with Gasteiger partial charge < -0.3 is 6.15 Å². The van der Waals surface area contributed by atoms with Crippen LogP contribution in [0.1, 0.15) is 25.0 Å². The highest BCUT2D eigenvalue weighted by Crippen LogP contribution is 2.34. The molecule has 0 radical (unpaired) electrons. The second-order valence-corrected chi connectivity index (χ2v) is 3.64. The van der Waals surface area contributed by atoms with Crippen molar-refractivity contribution in [1.29, 1.82) is 0 Å². The number of hydrogen-bond donors (Lipinski definition) is 1. The molecule has 0 unspecified atom stereocenters. The Morgan fingerprint density at radius 1 is 1.08 bits per heavy atom. The van der Waals surface area contributed by atoms with Crippen LogP contribution in [0, 0.1) is 0 Å². The number of rotatable bonds is 0. The van der Waals surface area contributed by atoms with Gasteiger partial charge in [-0.25, -0.2) is 0 Å². The van der Waals surface area contributed by atoms with Gasteiger partial charge in [-0.1, -0.05) is 50.3 Å². The van der Waals surface area contributed by atoms with Crippen molar-refractivity contribution in [3.63, 3.8) is 0 Å². The number of allylic oxidation sites excluding steroid dienone is 1. The van der Waals surface area contributed by atoms with Crippen LogP contribution in [0.15, 0.2) is 30.3 Å². The van der Waals surface area contributed by atoms with E-state index in [1.807, 2.05) is 0 Å². The zero-order valence-corrected chi connectivity index (χ0v) is 7.67. The summed E-state index contributed by atoms with van der Waals surface area (Å²) < 4.78 is 0. The molecule has 0 heterocycles. The van der Waals surface area contributed by atoms with Crippen molar-refractivity contribution in [2.75, 3.05) is 0 Å². The third-order valence-corrected chi connectivity index (χ3v) is 2.33. The van der Waals surface area contributed by atoms with E-state index in [0.717, 1.165) is 0 Å². The minimum atomic E-state index is 0. The first kappa shape index (κ1) is 9.01. The summed E-state index contributed by atoms with van der Waals surface area (Å²) in [7, 11) is 0. The molecule has 64 valence electrons. The van der Waals surface area contributed by atoms with E-state index in [0.29, 0.717) is 0 Å². The van der Waals surface area contributed by atoms with Crippen LogP contribution in [0.4, 0.5) is 0 Å². The van der Waals surface area contributed by atoms with E-state index in [-0.39, 0.29) is 11.6 Å². The van der Waals surface area contributed by atoms with Gasteiger partial charge in [0.05, 0.1) is 0 Å². The molecule has 1 aromatic rings. The van der Waals surface area contributed by atoms with Crippen LogP contribution in [0.5, 0.6) is 0 Å². The van der Waals surface area contributed by atoms with Gasteiger partial charge >= 0.3 is 0 Å². The van der Waals surface area contributed by atoms with Crippen molar-refractivity contribution in [2.45, 2.75) is 19.3 Å². The largest absolute Gasteiger partial charge is 0.344 e. The topological polar surface area (TPSA) is 35.0 Å². The normalized spacial score (nSPS) is 16.8. The summed E-state index contributed by atoms with van der Waals surface area (Å²) in [4.78, 5) is 0. The van der Waals surface area contributed by atoms with Crippen molar-refractivity contribution in [2.24, 2.45) is 0 Å². The second kappa shape index (κ2) is 2.76. The third-order valence-electron chi connectivity index (χ3n) is 2.33. The van der Waals surface area contributed by atoms with E-state index in [2.05, 4.69) is 50.3 Å². The van der Waals surface area contributed by atoms with Gasteiger partial charge in [0.15, 0.2) is 0 Å². The maximum absolute atomic E-state index is 2.26. The number of fused-ring (bicyclic) bond motifs is 1. The van der Waals surface area contributed by atoms with E-state index in [1.54, 1.807) is 0 Å². The SMILES string of the molecule is CC1(C)C=Cc2ccccc21.N. The van der Waals surface area contributed by atoms with Gasteiger partial charge in [0.2, 0.25) is 0 Å². The van der Waals surface area contributed by atoms with Crippen molar-refractivity contribution in [1.82, 2.24) is 6.15 Å². The molecule has 0 aromatic heterocycles. The molecule has 3 N–H and O–H groups in total. The minimum absolute atomic E-state index is 0. The Morgan fingerprint density at radius 2 is 1.75 bits per heavy atom. The van der Waals surface area contributed by atoms with E-state index >= 15 is 0 Å². The van der Waals surface area contributed by atoms with E-state index in [4.69, 9.17) is 0 Å². The Morgan fingerprint density at radius 3 is 2.42 bits per heavy atom. The third kappa shape index (κ3) is 1.16. The van der Waals surface area contributed by atoms with Gasteiger partial charge in [0.1, 0.15) is 0 Å². The fourth-order valence-corrected chi connectivity index (χ4v) is 1.62. The highest BCUT2D eigenvalue weighted by Gasteiger charge is 2.23. The Labute approximate surface area is 73.7 Å². The summed E-state index contributed by atoms with van der Waals surface area (Å²) in [5.41, 5.74) is 3.06. The van der Waals surface area contributed by atoms with Gasteiger partial charge in [0, 0.05) is 5.41 Å². The average Bonchev–Trinajstić information content (AvgIpc) is 2.29. The lowest BCUT2D eigenvalue weighted by molar-refractivity contribution is 0.683. The molecule has 0 fully saturated rings. The number of hydrogen-bond acceptors (Lipinski definition) is 1. The average molecular weight is 161 g/mol. The lowest BCUT2D eigenvalue weighted by atomic mass is 9.87. The molecule has 1 nitrogen and oxygen atoms in total. The molecule has 1 heteroatoms. The maximum atomic E-state index is 2.26. The molecule has 1 aromatic carbocycles. The smallest absolute Gasteiger partial charge is 0.00845 e. The van der Waals surface area contributed by atoms with Crippen molar-refractivity contribution >= 4 is 6.08 Å². The fourth-order valence-electron chi connectivity index (χ4n) is 1.62. The van der Waals surface area contributed by atoms with Crippen LogP contribution in [-0.4, -0.2) is 0 Å². The van der Waals surface area contributed by atoms with Crippen LogP contribution < -0.4 is 6.15 Å². The summed E-state index contributed by atoms with van der Waals surface area (Å²) in [5, 5.41) is 0. The molecule has 1 aliphatic rings. The zero-order valence-electron chi connectivity index (χ0n) is 7.67. The summed E-state index contributed by atoms with van der Waals surface area (Å²) >= 11 is 0. The Bertz CT molecular complexity index is 311. The molecule has 0 aliphatic heterocycles. The molecular weight excluding hydrogens is 146 g/mol. The molecule has 0 saturated heterocycles. The quantitative estimate of drug-likeness (QED) is 0.623. The van der Waals surface area contributed by atoms with E-state index in [9.17, 15) is 0 Å². The predicted molar refractivity (Wildman–Crippen MR) is 53.5 cm³/mol. The maximum Gasteiger partial charge on any atom is 0.00845 e. The molecule has 0 bridgehead atoms. The predicted octanol–water partition coefficient (Wildman–Crippen LogP) is 3.15. The molecule has 0 amide bonds. The highest BCUT2D eigenvalue weighted by molar-refractivity contribution is 5.64. The molecule has 0 spiro atoms. The van der Waals surface area contributed by atoms with Gasteiger partial charge in [-0.05, 0) is 11.1 Å². The van der Waals surface area contributed by atoms with Crippen LogP contribution in [-0.2, 0) is 5.41 Å². The van der Waals surface area contributed by atoms with Crippen LogP contribution >= 0.6 is 0 Å². The Hall–Kier alpha value is -1.08. The molecule has 0 saturated carbocycles. The van der Waals surface area contributed by atoms with E-state index < -0.39 is 0 Å². The minimum Gasteiger partial charge on any atom is -0.344 e. The van der Waals surface area contributed by atoms with Crippen LogP contribution in [0.25, 0.3) is 6.08 Å². The first-order valence-corrected chi connectivity index (χ1v) is 3.99. The summed E-state index contributed by atoms with van der Waals surface area (Å²) in [6, 6.07) is 8.56. The lowest BCUT2D eigenvalue weighted by Gasteiger charge is -2.16. The Kier molecular flexibility index (Phi) is 2.07. The summed E-state index contributed by atoms with van der Waals surface area (Å²) in [6.45, 7) is 4.49. The summed E-state index contributed by atoms with van der Waals surface area (Å²) in [6.07, 6.45) is 4.47. The van der Waals surface area contributed by atoms with Gasteiger partial charge in [-0.15, -0.1) is 0 Å². The fraction of sp³-hybridized carbons (Fsp3) is 0.273. The molecule has 0 atom stereocenters. The Balaban J connectivity index is 0.000000720. The van der Waals surface area contributed by atoms with E-state index in [1.165, 1.54) is 11.1 Å². The molecule has 2 rings (SSSR count). The lowest BCUT2D eigenvalue weighted by Crippen LogP contribution is -2.10. The first-order chi connectivity index (χ1) is 5.20. The van der Waals surface area contributed by atoms with Crippen molar-refractivity contribution in [3.05, 3.63) is 41.5 Å². The molecule has 12 heavy (non-hydrogen) atoms. The first-order valence-electron chi connectivity index (χ1n) is 3.99.